The fourth-order valence-electron chi connectivity index (χ4n) is 2.67. The molecule has 0 aliphatic carbocycles. The Morgan fingerprint density at radius 3 is 3.04 bits per heavy atom. The van der Waals surface area contributed by atoms with Gasteiger partial charge in [0.25, 0.3) is 5.91 Å². The second kappa shape index (κ2) is 6.78. The van der Waals surface area contributed by atoms with Gasteiger partial charge in [0.1, 0.15) is 11.4 Å². The van der Waals surface area contributed by atoms with E-state index in [1.54, 1.807) is 11.8 Å². The summed E-state index contributed by atoms with van der Waals surface area (Å²) in [5.41, 5.74) is 1.73. The molecule has 0 saturated carbocycles. The highest BCUT2D eigenvalue weighted by atomic mass is 16.5. The lowest BCUT2D eigenvalue weighted by Crippen LogP contribution is -2.32. The fraction of sp³-hybridized carbons (Fsp3) is 0.438. The van der Waals surface area contributed by atoms with Gasteiger partial charge >= 0.3 is 0 Å². The molecule has 1 aromatic carbocycles. The molecular weight excluding hydrogens is 296 g/mol. The Morgan fingerprint density at radius 1 is 1.48 bits per heavy atom. The van der Waals surface area contributed by atoms with Gasteiger partial charge in [-0.1, -0.05) is 17.3 Å². The number of nitrogens with one attached hydrogen (secondary N) is 1. The largest absolute Gasteiger partial charge is 0.494 e. The van der Waals surface area contributed by atoms with Crippen molar-refractivity contribution >= 4 is 5.91 Å². The van der Waals surface area contributed by atoms with E-state index in [0.717, 1.165) is 25.1 Å². The van der Waals surface area contributed by atoms with Crippen LogP contribution in [0.3, 0.4) is 0 Å². The normalized spacial score (nSPS) is 17.2. The summed E-state index contributed by atoms with van der Waals surface area (Å²) in [5.74, 6) is 0.436. The van der Waals surface area contributed by atoms with Crippen LogP contribution >= 0.6 is 0 Å². The SMILES string of the molecule is COc1ccccc1-n1nnc(C(=O)NCC2CCCO2)c1C. The Bertz CT molecular complexity index is 692. The molecule has 0 bridgehead atoms. The summed E-state index contributed by atoms with van der Waals surface area (Å²) in [6.07, 6.45) is 2.12. The molecule has 1 aliphatic heterocycles. The predicted molar refractivity (Wildman–Crippen MR) is 84.0 cm³/mol. The Morgan fingerprint density at radius 2 is 2.30 bits per heavy atom. The molecular formula is C16H20N4O3. The van der Waals surface area contributed by atoms with Gasteiger partial charge in [0.05, 0.1) is 18.9 Å². The van der Waals surface area contributed by atoms with Gasteiger partial charge in [-0.2, -0.15) is 0 Å². The molecule has 0 radical (unpaired) electrons. The van der Waals surface area contributed by atoms with E-state index in [0.29, 0.717) is 23.7 Å². The van der Waals surface area contributed by atoms with Crippen molar-refractivity contribution in [3.05, 3.63) is 35.7 Å². The minimum Gasteiger partial charge on any atom is -0.494 e. The highest BCUT2D eigenvalue weighted by molar-refractivity contribution is 5.93. The molecule has 2 aromatic rings. The topological polar surface area (TPSA) is 78.3 Å². The van der Waals surface area contributed by atoms with E-state index in [-0.39, 0.29) is 12.0 Å². The summed E-state index contributed by atoms with van der Waals surface area (Å²) in [4.78, 5) is 12.3. The van der Waals surface area contributed by atoms with Gasteiger partial charge in [-0.25, -0.2) is 4.68 Å². The molecule has 1 unspecified atom stereocenters. The Hall–Kier alpha value is -2.41. The monoisotopic (exact) mass is 316 g/mol. The van der Waals surface area contributed by atoms with E-state index in [9.17, 15) is 4.79 Å². The smallest absolute Gasteiger partial charge is 0.273 e. The van der Waals surface area contributed by atoms with Gasteiger partial charge < -0.3 is 14.8 Å². The van der Waals surface area contributed by atoms with Gasteiger partial charge in [0, 0.05) is 13.2 Å². The number of hydrogen-bond donors (Lipinski definition) is 1. The van der Waals surface area contributed by atoms with Crippen molar-refractivity contribution in [1.29, 1.82) is 0 Å². The van der Waals surface area contributed by atoms with E-state index in [4.69, 9.17) is 9.47 Å². The minimum absolute atomic E-state index is 0.100. The molecule has 3 rings (SSSR count). The van der Waals surface area contributed by atoms with Crippen LogP contribution in [0, 0.1) is 6.92 Å². The zero-order chi connectivity index (χ0) is 16.2. The van der Waals surface area contributed by atoms with Crippen molar-refractivity contribution in [3.8, 4) is 11.4 Å². The standard InChI is InChI=1S/C16H20N4O3/c1-11-15(16(21)17-10-12-6-5-9-23-12)18-19-20(11)13-7-3-4-8-14(13)22-2/h3-4,7-8,12H,5-6,9-10H2,1-2H3,(H,17,21). The van der Waals surface area contributed by atoms with Crippen LogP contribution < -0.4 is 10.1 Å². The highest BCUT2D eigenvalue weighted by Gasteiger charge is 2.21. The molecule has 1 aliphatic rings. The average Bonchev–Trinajstić information content (AvgIpc) is 3.22. The van der Waals surface area contributed by atoms with Crippen LogP contribution in [0.25, 0.3) is 5.69 Å². The number of carbonyl (C=O) groups excluding carboxylic acids is 1. The summed E-state index contributed by atoms with van der Waals surface area (Å²) in [5, 5.41) is 11.0. The maximum Gasteiger partial charge on any atom is 0.273 e. The third kappa shape index (κ3) is 3.19. The van der Waals surface area contributed by atoms with Gasteiger partial charge in [-0.05, 0) is 31.9 Å². The lowest BCUT2D eigenvalue weighted by atomic mass is 10.2. The van der Waals surface area contributed by atoms with Gasteiger partial charge in [-0.15, -0.1) is 5.10 Å². The molecule has 0 spiro atoms. The van der Waals surface area contributed by atoms with Crippen molar-refractivity contribution in [1.82, 2.24) is 20.3 Å². The van der Waals surface area contributed by atoms with Crippen LogP contribution in [-0.4, -0.2) is 47.3 Å². The Labute approximate surface area is 134 Å². The molecule has 7 heteroatoms. The number of hydrogen-bond acceptors (Lipinski definition) is 5. The van der Waals surface area contributed by atoms with Gasteiger partial charge in [0.2, 0.25) is 0 Å². The maximum absolute atomic E-state index is 12.3. The molecule has 2 heterocycles. The zero-order valence-electron chi connectivity index (χ0n) is 13.3. The molecule has 1 saturated heterocycles. The molecule has 23 heavy (non-hydrogen) atoms. The third-order valence-electron chi connectivity index (χ3n) is 3.94. The summed E-state index contributed by atoms with van der Waals surface area (Å²) in [7, 11) is 1.60. The molecule has 7 nitrogen and oxygen atoms in total. The van der Waals surface area contributed by atoms with Crippen molar-refractivity contribution in [2.45, 2.75) is 25.9 Å². The second-order valence-electron chi connectivity index (χ2n) is 5.45. The van der Waals surface area contributed by atoms with Gasteiger partial charge in [-0.3, -0.25) is 4.79 Å². The number of aromatic nitrogens is 3. The lowest BCUT2D eigenvalue weighted by Gasteiger charge is -2.10. The number of amides is 1. The average molecular weight is 316 g/mol. The number of nitrogens with zero attached hydrogens (tertiary/aromatic N) is 3. The van der Waals surface area contributed by atoms with E-state index in [2.05, 4.69) is 15.6 Å². The van der Waals surface area contributed by atoms with Crippen LogP contribution in [0.5, 0.6) is 5.75 Å². The van der Waals surface area contributed by atoms with E-state index in [1.165, 1.54) is 0 Å². The molecule has 122 valence electrons. The number of carbonyl (C=O) groups is 1. The maximum atomic E-state index is 12.3. The van der Waals surface area contributed by atoms with Crippen molar-refractivity contribution in [2.75, 3.05) is 20.3 Å². The van der Waals surface area contributed by atoms with E-state index < -0.39 is 0 Å². The number of para-hydroxylation sites is 2. The summed E-state index contributed by atoms with van der Waals surface area (Å²) >= 11 is 0. The van der Waals surface area contributed by atoms with Crippen molar-refractivity contribution in [3.63, 3.8) is 0 Å². The summed E-state index contributed by atoms with van der Waals surface area (Å²) < 4.78 is 12.4. The quantitative estimate of drug-likeness (QED) is 0.904. The lowest BCUT2D eigenvalue weighted by molar-refractivity contribution is 0.0853. The van der Waals surface area contributed by atoms with Gasteiger partial charge in [0.15, 0.2) is 5.69 Å². The van der Waals surface area contributed by atoms with Crippen LogP contribution in [0.2, 0.25) is 0 Å². The predicted octanol–water partition coefficient (Wildman–Crippen LogP) is 1.49. The molecule has 1 atom stereocenters. The van der Waals surface area contributed by atoms with Crippen LogP contribution in [0.4, 0.5) is 0 Å². The minimum atomic E-state index is -0.237. The molecule has 1 fully saturated rings. The summed E-state index contributed by atoms with van der Waals surface area (Å²) in [6.45, 7) is 3.08. The third-order valence-corrected chi connectivity index (χ3v) is 3.94. The molecule has 1 amide bonds. The van der Waals surface area contributed by atoms with E-state index >= 15 is 0 Å². The number of rotatable bonds is 5. The second-order valence-corrected chi connectivity index (χ2v) is 5.45. The first kappa shape index (κ1) is 15.5. The summed E-state index contributed by atoms with van der Waals surface area (Å²) in [6, 6.07) is 7.47. The zero-order valence-corrected chi connectivity index (χ0v) is 13.3. The first-order chi connectivity index (χ1) is 11.2. The Balaban J connectivity index is 1.77. The molecule has 1 aromatic heterocycles. The number of benzene rings is 1. The first-order valence-electron chi connectivity index (χ1n) is 7.66. The van der Waals surface area contributed by atoms with Crippen LogP contribution in [-0.2, 0) is 4.74 Å². The van der Waals surface area contributed by atoms with E-state index in [1.807, 2.05) is 31.2 Å². The molecule has 1 N–H and O–H groups in total. The number of ether oxygens (including phenoxy) is 2. The van der Waals surface area contributed by atoms with Crippen LogP contribution in [0.15, 0.2) is 24.3 Å². The van der Waals surface area contributed by atoms with Crippen LogP contribution in [0.1, 0.15) is 29.0 Å². The first-order valence-corrected chi connectivity index (χ1v) is 7.66. The highest BCUT2D eigenvalue weighted by Crippen LogP contribution is 2.23. The van der Waals surface area contributed by atoms with Crippen molar-refractivity contribution < 1.29 is 14.3 Å². The Kier molecular flexibility index (Phi) is 4.57. The number of methoxy groups -OCH3 is 1. The fourth-order valence-corrected chi connectivity index (χ4v) is 2.67. The van der Waals surface area contributed by atoms with Crippen molar-refractivity contribution in [2.24, 2.45) is 0 Å².